The number of urea groups is 1. The van der Waals surface area contributed by atoms with E-state index >= 15 is 0 Å². The van der Waals surface area contributed by atoms with Gasteiger partial charge >= 0.3 is 6.03 Å². The monoisotopic (exact) mass is 390 g/mol. The Hall–Kier alpha value is -2.42. The lowest BCUT2D eigenvalue weighted by Crippen LogP contribution is -2.41. The van der Waals surface area contributed by atoms with Gasteiger partial charge in [0.05, 0.1) is 10.9 Å². The third kappa shape index (κ3) is 6.35. The number of rotatable bonds is 8. The Morgan fingerprint density at radius 1 is 1.07 bits per heavy atom. The van der Waals surface area contributed by atoms with Gasteiger partial charge in [0.15, 0.2) is 0 Å². The number of nitrogens with one attached hydrogen (secondary N) is 3. The Kier molecular flexibility index (Phi) is 7.35. The van der Waals surface area contributed by atoms with Gasteiger partial charge in [-0.3, -0.25) is 0 Å². The average molecular weight is 391 g/mol. The van der Waals surface area contributed by atoms with Crippen LogP contribution in [0.15, 0.2) is 59.5 Å². The van der Waals surface area contributed by atoms with Crippen LogP contribution in [0.2, 0.25) is 0 Å². The van der Waals surface area contributed by atoms with Crippen molar-refractivity contribution in [2.24, 2.45) is 0 Å². The van der Waals surface area contributed by atoms with Crippen molar-refractivity contribution in [3.63, 3.8) is 0 Å². The number of carbonyl (C=O) groups is 1. The lowest BCUT2D eigenvalue weighted by atomic mass is 10.1. The highest BCUT2D eigenvalue weighted by Gasteiger charge is 2.16. The van der Waals surface area contributed by atoms with Crippen LogP contribution < -0.4 is 15.4 Å². The van der Waals surface area contributed by atoms with Crippen LogP contribution in [-0.2, 0) is 16.6 Å². The predicted octanol–water partition coefficient (Wildman–Crippen LogP) is 1.70. The summed E-state index contributed by atoms with van der Waals surface area (Å²) in [6, 6.07) is 15.8. The van der Waals surface area contributed by atoms with Crippen molar-refractivity contribution in [1.29, 1.82) is 0 Å². The number of likely N-dealkylation sites (N-methyl/N-ethyl adjacent to an activating group) is 1. The van der Waals surface area contributed by atoms with Crippen LogP contribution in [0, 0.1) is 0 Å². The van der Waals surface area contributed by atoms with Crippen molar-refractivity contribution < 1.29 is 13.2 Å². The highest BCUT2D eigenvalue weighted by Crippen LogP contribution is 2.14. The Morgan fingerprint density at radius 2 is 1.78 bits per heavy atom. The molecule has 0 aliphatic rings. The van der Waals surface area contributed by atoms with Crippen LogP contribution in [0.25, 0.3) is 0 Å². The first-order chi connectivity index (χ1) is 12.8. The maximum Gasteiger partial charge on any atom is 0.315 e. The first-order valence-corrected chi connectivity index (χ1v) is 10.1. The number of amides is 2. The van der Waals surface area contributed by atoms with Crippen molar-refractivity contribution in [1.82, 2.24) is 20.3 Å². The summed E-state index contributed by atoms with van der Waals surface area (Å²) < 4.78 is 26.0. The number of hydrogen-bond donors (Lipinski definition) is 3. The lowest BCUT2D eigenvalue weighted by molar-refractivity contribution is 0.232. The van der Waals surface area contributed by atoms with Crippen LogP contribution >= 0.6 is 0 Å². The Morgan fingerprint density at radius 3 is 2.41 bits per heavy atom. The average Bonchev–Trinajstić information content (AvgIpc) is 2.66. The fraction of sp³-hybridized carbons (Fsp3) is 0.316. The van der Waals surface area contributed by atoms with Gasteiger partial charge in [-0.15, -0.1) is 0 Å². The molecule has 0 aliphatic heterocycles. The zero-order valence-corrected chi connectivity index (χ0v) is 16.6. The summed E-state index contributed by atoms with van der Waals surface area (Å²) in [5, 5.41) is 5.75. The van der Waals surface area contributed by atoms with Crippen LogP contribution in [-0.4, -0.2) is 47.0 Å². The molecule has 2 amide bonds. The predicted molar refractivity (Wildman–Crippen MR) is 106 cm³/mol. The van der Waals surface area contributed by atoms with Crippen molar-refractivity contribution in [2.75, 3.05) is 27.7 Å². The summed E-state index contributed by atoms with van der Waals surface area (Å²) in [4.78, 5) is 14.5. The number of nitrogens with zero attached hydrogens (tertiary/aromatic N) is 1. The molecule has 3 N–H and O–H groups in total. The molecule has 1 atom stereocenters. The highest BCUT2D eigenvalue weighted by atomic mass is 32.2. The summed E-state index contributed by atoms with van der Waals surface area (Å²) in [6.07, 6.45) is 0. The van der Waals surface area contributed by atoms with E-state index in [1.165, 1.54) is 13.1 Å². The van der Waals surface area contributed by atoms with Gasteiger partial charge in [-0.05, 0) is 44.4 Å². The normalized spacial score (nSPS) is 12.6. The van der Waals surface area contributed by atoms with Crippen LogP contribution in [0.5, 0.6) is 0 Å². The molecule has 0 heterocycles. The second kappa shape index (κ2) is 9.50. The van der Waals surface area contributed by atoms with Gasteiger partial charge in [-0.1, -0.05) is 42.5 Å². The molecule has 0 saturated carbocycles. The van der Waals surface area contributed by atoms with Crippen molar-refractivity contribution in [3.8, 4) is 0 Å². The molecule has 2 rings (SSSR count). The molecule has 0 saturated heterocycles. The quantitative estimate of drug-likeness (QED) is 0.640. The maximum atomic E-state index is 12.3. The van der Waals surface area contributed by atoms with E-state index in [0.29, 0.717) is 12.1 Å². The molecule has 27 heavy (non-hydrogen) atoms. The molecule has 0 aromatic heterocycles. The lowest BCUT2D eigenvalue weighted by Gasteiger charge is -2.23. The van der Waals surface area contributed by atoms with E-state index < -0.39 is 10.0 Å². The first kappa shape index (κ1) is 20.9. The van der Waals surface area contributed by atoms with Gasteiger partial charge in [0.1, 0.15) is 0 Å². The molecular weight excluding hydrogens is 364 g/mol. The van der Waals surface area contributed by atoms with Crippen molar-refractivity contribution in [3.05, 3.63) is 65.7 Å². The molecule has 0 fully saturated rings. The Labute approximate surface area is 160 Å². The van der Waals surface area contributed by atoms with Crippen LogP contribution in [0.4, 0.5) is 4.79 Å². The van der Waals surface area contributed by atoms with E-state index in [2.05, 4.69) is 15.4 Å². The van der Waals surface area contributed by atoms with Crippen molar-refractivity contribution in [2.45, 2.75) is 17.5 Å². The molecular formula is C19H26N4O3S. The molecule has 0 spiro atoms. The molecule has 8 heteroatoms. The number of hydrogen-bond acceptors (Lipinski definition) is 4. The minimum absolute atomic E-state index is 0.155. The van der Waals surface area contributed by atoms with Gasteiger partial charge in [-0.2, -0.15) is 0 Å². The second-order valence-corrected chi connectivity index (χ2v) is 8.29. The van der Waals surface area contributed by atoms with Gasteiger partial charge in [-0.25, -0.2) is 17.9 Å². The fourth-order valence-corrected chi connectivity index (χ4v) is 3.42. The zero-order chi connectivity index (χ0) is 19.9. The summed E-state index contributed by atoms with van der Waals surface area (Å²) in [6.45, 7) is 0.885. The standard InChI is InChI=1S/C19H26N4O3S/c1-20-27(25,26)17-11-7-8-15(12-17)13-21-19(24)22-18(14-23(2)3)16-9-5-4-6-10-16/h4-12,18,20H,13-14H2,1-3H3,(H2,21,22,24). The van der Waals surface area contributed by atoms with Crippen molar-refractivity contribution >= 4 is 16.1 Å². The van der Waals surface area contributed by atoms with E-state index in [-0.39, 0.29) is 23.5 Å². The molecule has 2 aromatic rings. The topological polar surface area (TPSA) is 90.5 Å². The molecule has 0 bridgehead atoms. The number of benzene rings is 2. The number of sulfonamides is 1. The van der Waals surface area contributed by atoms with Gasteiger partial charge in [0.25, 0.3) is 0 Å². The van der Waals surface area contributed by atoms with Crippen LogP contribution in [0.3, 0.4) is 0 Å². The maximum absolute atomic E-state index is 12.3. The van der Waals surface area contributed by atoms with Gasteiger partial charge < -0.3 is 15.5 Å². The molecule has 2 aromatic carbocycles. The molecule has 0 aliphatic carbocycles. The highest BCUT2D eigenvalue weighted by molar-refractivity contribution is 7.89. The van der Waals surface area contributed by atoms with E-state index in [1.807, 2.05) is 49.3 Å². The summed E-state index contributed by atoms with van der Waals surface area (Å²) in [5.41, 5.74) is 1.72. The smallest absolute Gasteiger partial charge is 0.315 e. The number of carbonyl (C=O) groups excluding carboxylic acids is 1. The summed E-state index contributed by atoms with van der Waals surface area (Å²) in [5.74, 6) is 0. The van der Waals surface area contributed by atoms with Crippen LogP contribution in [0.1, 0.15) is 17.2 Å². The SMILES string of the molecule is CNS(=O)(=O)c1cccc(CNC(=O)NC(CN(C)C)c2ccccc2)c1. The third-order valence-electron chi connectivity index (χ3n) is 3.99. The molecule has 146 valence electrons. The Bertz CT molecular complexity index is 854. The summed E-state index contributed by atoms with van der Waals surface area (Å²) >= 11 is 0. The Balaban J connectivity index is 2.01. The zero-order valence-electron chi connectivity index (χ0n) is 15.8. The molecule has 0 radical (unpaired) electrons. The minimum Gasteiger partial charge on any atom is -0.334 e. The minimum atomic E-state index is -3.51. The van der Waals surface area contributed by atoms with E-state index in [9.17, 15) is 13.2 Å². The van der Waals surface area contributed by atoms with E-state index in [0.717, 1.165) is 5.56 Å². The van der Waals surface area contributed by atoms with E-state index in [1.54, 1.807) is 18.2 Å². The summed E-state index contributed by atoms with van der Waals surface area (Å²) in [7, 11) is 1.75. The second-order valence-electron chi connectivity index (χ2n) is 6.41. The molecule has 1 unspecified atom stereocenters. The van der Waals surface area contributed by atoms with Gasteiger partial charge in [0, 0.05) is 13.1 Å². The fourth-order valence-electron chi connectivity index (χ4n) is 2.62. The largest absolute Gasteiger partial charge is 0.334 e. The first-order valence-electron chi connectivity index (χ1n) is 8.58. The van der Waals surface area contributed by atoms with Gasteiger partial charge in [0.2, 0.25) is 10.0 Å². The molecule has 7 nitrogen and oxygen atoms in total. The third-order valence-corrected chi connectivity index (χ3v) is 5.40. The van der Waals surface area contributed by atoms with E-state index in [4.69, 9.17) is 0 Å².